The molecule has 4 rings (SSSR count). The van der Waals surface area contributed by atoms with Crippen molar-refractivity contribution < 1.29 is 32.2 Å². The number of nitrogens with one attached hydrogen (secondary N) is 1. The molecule has 1 saturated heterocycles. The van der Waals surface area contributed by atoms with E-state index in [0.29, 0.717) is 36.4 Å². The SMILES string of the molecule is O=C(Nc1ccc(Br)c(C(F)(F)F)c1)C1CCCN1C(=O)c1ccc2c(c1)OCO2. The van der Waals surface area contributed by atoms with Crippen LogP contribution >= 0.6 is 15.9 Å². The Bertz CT molecular complexity index is 1010. The number of anilines is 1. The Morgan fingerprint density at radius 3 is 2.63 bits per heavy atom. The third-order valence-corrected chi connectivity index (χ3v) is 5.67. The van der Waals surface area contributed by atoms with Gasteiger partial charge >= 0.3 is 6.18 Å². The first-order valence-electron chi connectivity index (χ1n) is 9.12. The van der Waals surface area contributed by atoms with Crippen LogP contribution in [-0.4, -0.2) is 36.1 Å². The van der Waals surface area contributed by atoms with Gasteiger partial charge in [-0.2, -0.15) is 13.2 Å². The average Bonchev–Trinajstić information content (AvgIpc) is 3.36. The summed E-state index contributed by atoms with van der Waals surface area (Å²) in [5.74, 6) is 0.114. The van der Waals surface area contributed by atoms with Crippen molar-refractivity contribution in [3.8, 4) is 11.5 Å². The fourth-order valence-corrected chi connectivity index (χ4v) is 4.00. The van der Waals surface area contributed by atoms with Crippen molar-refractivity contribution >= 4 is 33.4 Å². The third kappa shape index (κ3) is 3.96. The summed E-state index contributed by atoms with van der Waals surface area (Å²) in [5.41, 5.74) is -0.528. The predicted molar refractivity (Wildman–Crippen MR) is 104 cm³/mol. The Labute approximate surface area is 178 Å². The van der Waals surface area contributed by atoms with Crippen molar-refractivity contribution in [3.05, 3.63) is 52.0 Å². The Balaban J connectivity index is 1.51. The normalized spacial score (nSPS) is 17.9. The van der Waals surface area contributed by atoms with Crippen LogP contribution in [0.5, 0.6) is 11.5 Å². The maximum Gasteiger partial charge on any atom is 0.417 e. The zero-order valence-electron chi connectivity index (χ0n) is 15.5. The number of carbonyl (C=O) groups excluding carboxylic acids is 2. The number of rotatable bonds is 3. The Kier molecular flexibility index (Phi) is 5.35. The van der Waals surface area contributed by atoms with Gasteiger partial charge in [0.2, 0.25) is 12.7 Å². The highest BCUT2D eigenvalue weighted by Crippen LogP contribution is 2.37. The maximum atomic E-state index is 13.1. The number of likely N-dealkylation sites (tertiary alicyclic amines) is 1. The lowest BCUT2D eigenvalue weighted by molar-refractivity contribution is -0.138. The molecule has 0 bridgehead atoms. The number of nitrogens with zero attached hydrogens (tertiary/aromatic N) is 1. The van der Waals surface area contributed by atoms with Crippen LogP contribution in [0.1, 0.15) is 28.8 Å². The summed E-state index contributed by atoms with van der Waals surface area (Å²) in [5, 5.41) is 2.50. The number of ether oxygens (including phenoxy) is 2. The Morgan fingerprint density at radius 2 is 1.87 bits per heavy atom. The van der Waals surface area contributed by atoms with Crippen LogP contribution in [0.2, 0.25) is 0 Å². The second-order valence-electron chi connectivity index (χ2n) is 6.91. The van der Waals surface area contributed by atoms with Crippen LogP contribution in [0.3, 0.4) is 0 Å². The van der Waals surface area contributed by atoms with E-state index < -0.39 is 23.7 Å². The van der Waals surface area contributed by atoms with E-state index in [1.54, 1.807) is 18.2 Å². The lowest BCUT2D eigenvalue weighted by Crippen LogP contribution is -2.43. The average molecular weight is 485 g/mol. The molecule has 2 amide bonds. The largest absolute Gasteiger partial charge is 0.454 e. The lowest BCUT2D eigenvalue weighted by atomic mass is 10.1. The number of hydrogen-bond acceptors (Lipinski definition) is 4. The second kappa shape index (κ2) is 7.82. The molecule has 1 N–H and O–H groups in total. The van der Waals surface area contributed by atoms with Gasteiger partial charge in [0.15, 0.2) is 11.5 Å². The highest BCUT2D eigenvalue weighted by atomic mass is 79.9. The molecular formula is C20H16BrF3N2O4. The molecule has 0 aliphatic carbocycles. The van der Waals surface area contributed by atoms with E-state index >= 15 is 0 Å². The van der Waals surface area contributed by atoms with Gasteiger partial charge in [-0.15, -0.1) is 0 Å². The minimum atomic E-state index is -4.56. The summed E-state index contributed by atoms with van der Waals surface area (Å²) in [6.45, 7) is 0.453. The number of halogens is 4. The number of carbonyl (C=O) groups is 2. The quantitative estimate of drug-likeness (QED) is 0.699. The van der Waals surface area contributed by atoms with Crippen LogP contribution in [0, 0.1) is 0 Å². The van der Waals surface area contributed by atoms with Crippen molar-refractivity contribution in [1.82, 2.24) is 4.90 Å². The van der Waals surface area contributed by atoms with E-state index in [1.165, 1.54) is 17.0 Å². The molecule has 10 heteroatoms. The zero-order valence-corrected chi connectivity index (χ0v) is 17.0. The second-order valence-corrected chi connectivity index (χ2v) is 7.76. The van der Waals surface area contributed by atoms with Crippen molar-refractivity contribution in [1.29, 1.82) is 0 Å². The van der Waals surface area contributed by atoms with Crippen molar-refractivity contribution in [2.45, 2.75) is 25.1 Å². The van der Waals surface area contributed by atoms with Crippen molar-refractivity contribution in [2.24, 2.45) is 0 Å². The van der Waals surface area contributed by atoms with Gasteiger partial charge in [-0.25, -0.2) is 0 Å². The summed E-state index contributed by atoms with van der Waals surface area (Å²) in [6, 6.07) is 7.46. The van der Waals surface area contributed by atoms with E-state index in [2.05, 4.69) is 21.2 Å². The Hall–Kier alpha value is -2.75. The number of hydrogen-bond donors (Lipinski definition) is 1. The summed E-state index contributed by atoms with van der Waals surface area (Å²) in [7, 11) is 0. The van der Waals surface area contributed by atoms with Gasteiger partial charge in [-0.05, 0) is 49.2 Å². The van der Waals surface area contributed by atoms with E-state index in [-0.39, 0.29) is 22.9 Å². The molecule has 2 aromatic rings. The molecule has 0 radical (unpaired) electrons. The van der Waals surface area contributed by atoms with Gasteiger partial charge in [0.25, 0.3) is 5.91 Å². The number of fused-ring (bicyclic) bond motifs is 1. The van der Waals surface area contributed by atoms with Gasteiger partial charge in [0.1, 0.15) is 6.04 Å². The lowest BCUT2D eigenvalue weighted by Gasteiger charge is -2.24. The van der Waals surface area contributed by atoms with Crippen LogP contribution in [0.25, 0.3) is 0 Å². The topological polar surface area (TPSA) is 67.9 Å². The molecule has 30 heavy (non-hydrogen) atoms. The summed E-state index contributed by atoms with van der Waals surface area (Å²) in [6.07, 6.45) is -3.53. The maximum absolute atomic E-state index is 13.1. The van der Waals surface area contributed by atoms with Crippen LogP contribution in [0.4, 0.5) is 18.9 Å². The first kappa shape index (κ1) is 20.5. The number of alkyl halides is 3. The van der Waals surface area contributed by atoms with E-state index in [9.17, 15) is 22.8 Å². The molecule has 2 aliphatic heterocycles. The standard InChI is InChI=1S/C20H16BrF3N2O4/c21-14-5-4-12(9-13(14)20(22,23)24)25-18(27)15-2-1-7-26(15)19(28)11-3-6-16-17(8-11)30-10-29-16/h3-6,8-9,15H,1-2,7,10H2,(H,25,27). The third-order valence-electron chi connectivity index (χ3n) is 4.98. The molecule has 0 saturated carbocycles. The van der Waals surface area contributed by atoms with Crippen molar-refractivity contribution in [3.63, 3.8) is 0 Å². The molecule has 0 spiro atoms. The minimum absolute atomic E-state index is 0.0119. The first-order chi connectivity index (χ1) is 14.2. The highest BCUT2D eigenvalue weighted by molar-refractivity contribution is 9.10. The van der Waals surface area contributed by atoms with Gasteiger partial charge in [0.05, 0.1) is 5.56 Å². The molecule has 1 fully saturated rings. The van der Waals surface area contributed by atoms with Crippen LogP contribution in [-0.2, 0) is 11.0 Å². The Morgan fingerprint density at radius 1 is 1.10 bits per heavy atom. The zero-order chi connectivity index (χ0) is 21.5. The fourth-order valence-electron chi connectivity index (χ4n) is 3.52. The van der Waals surface area contributed by atoms with Crippen LogP contribution < -0.4 is 14.8 Å². The molecule has 0 aromatic heterocycles. The number of amides is 2. The molecule has 6 nitrogen and oxygen atoms in total. The van der Waals surface area contributed by atoms with E-state index in [1.807, 2.05) is 0 Å². The number of benzene rings is 2. The molecule has 2 aromatic carbocycles. The predicted octanol–water partition coefficient (Wildman–Crippen LogP) is 4.44. The van der Waals surface area contributed by atoms with Crippen molar-refractivity contribution in [2.75, 3.05) is 18.7 Å². The molecule has 2 heterocycles. The van der Waals surface area contributed by atoms with Gasteiger partial charge in [0, 0.05) is 22.3 Å². The van der Waals surface area contributed by atoms with E-state index in [4.69, 9.17) is 9.47 Å². The van der Waals surface area contributed by atoms with E-state index in [0.717, 1.165) is 6.07 Å². The molecule has 1 unspecified atom stereocenters. The monoisotopic (exact) mass is 484 g/mol. The van der Waals surface area contributed by atoms with Crippen LogP contribution in [0.15, 0.2) is 40.9 Å². The van der Waals surface area contributed by atoms with Gasteiger partial charge in [-0.1, -0.05) is 15.9 Å². The fraction of sp³-hybridized carbons (Fsp3) is 0.300. The smallest absolute Gasteiger partial charge is 0.417 e. The van der Waals surface area contributed by atoms with Gasteiger partial charge < -0.3 is 19.7 Å². The summed E-state index contributed by atoms with van der Waals surface area (Å²) < 4.78 is 49.7. The van der Waals surface area contributed by atoms with Gasteiger partial charge in [-0.3, -0.25) is 9.59 Å². The molecule has 158 valence electrons. The molecular weight excluding hydrogens is 469 g/mol. The minimum Gasteiger partial charge on any atom is -0.454 e. The summed E-state index contributed by atoms with van der Waals surface area (Å²) in [4.78, 5) is 27.1. The molecule has 2 aliphatic rings. The highest BCUT2D eigenvalue weighted by Gasteiger charge is 2.36. The first-order valence-corrected chi connectivity index (χ1v) is 9.91. The molecule has 1 atom stereocenters. The summed E-state index contributed by atoms with van der Waals surface area (Å²) >= 11 is 2.87.